The molecule has 1 aliphatic rings. The average Bonchev–Trinajstić information content (AvgIpc) is 2.43. The maximum Gasteiger partial charge on any atom is 0.0412 e. The summed E-state index contributed by atoms with van der Waals surface area (Å²) < 4.78 is 0. The van der Waals surface area contributed by atoms with Gasteiger partial charge in [0.25, 0.3) is 0 Å². The number of H-pyrrole nitrogens is 1. The summed E-state index contributed by atoms with van der Waals surface area (Å²) in [6.45, 7) is 9.07. The van der Waals surface area contributed by atoms with Crippen LogP contribution in [0.2, 0.25) is 0 Å². The highest BCUT2D eigenvalue weighted by Crippen LogP contribution is 2.38. The first-order valence-corrected chi connectivity index (χ1v) is 5.39. The number of nitrogens with one attached hydrogen (secondary N) is 1. The zero-order valence-corrected chi connectivity index (χ0v) is 9.52. The summed E-state index contributed by atoms with van der Waals surface area (Å²) in [6.07, 6.45) is 5.77. The summed E-state index contributed by atoms with van der Waals surface area (Å²) >= 11 is 0. The molecule has 1 aromatic rings. The van der Waals surface area contributed by atoms with Crippen molar-refractivity contribution in [2.24, 2.45) is 11.3 Å². The molecule has 1 N–H and O–H groups in total. The minimum Gasteiger partial charge on any atom is -0.359 e. The number of aromatic nitrogens is 1. The van der Waals surface area contributed by atoms with Gasteiger partial charge in [0.05, 0.1) is 0 Å². The summed E-state index contributed by atoms with van der Waals surface area (Å²) in [6, 6.07) is 2.28. The monoisotopic (exact) mass is 189 g/mol. The lowest BCUT2D eigenvalue weighted by atomic mass is 9.72. The van der Waals surface area contributed by atoms with E-state index in [1.165, 1.54) is 23.4 Å². The minimum atomic E-state index is 0.335. The molecule has 1 atom stereocenters. The Balaban J connectivity index is 2.37. The van der Waals surface area contributed by atoms with Crippen LogP contribution in [0.15, 0.2) is 12.1 Å². The largest absolute Gasteiger partial charge is 0.359 e. The van der Waals surface area contributed by atoms with Gasteiger partial charge in [-0.3, -0.25) is 0 Å². The molecule has 1 heterocycles. The summed E-state index contributed by atoms with van der Waals surface area (Å²) in [5.74, 6) is 0.696. The van der Waals surface area contributed by atoms with E-state index in [1.54, 1.807) is 0 Å². The minimum absolute atomic E-state index is 0.335. The maximum atomic E-state index is 3.39. The third-order valence-electron chi connectivity index (χ3n) is 3.59. The van der Waals surface area contributed by atoms with Crippen LogP contribution < -0.4 is 0 Å². The van der Waals surface area contributed by atoms with E-state index < -0.39 is 0 Å². The Kier molecular flexibility index (Phi) is 2.06. The fourth-order valence-electron chi connectivity index (χ4n) is 2.10. The van der Waals surface area contributed by atoms with Crippen LogP contribution in [0.5, 0.6) is 0 Å². The van der Waals surface area contributed by atoms with Gasteiger partial charge in [0, 0.05) is 11.4 Å². The molecule has 14 heavy (non-hydrogen) atoms. The molecule has 1 unspecified atom stereocenters. The topological polar surface area (TPSA) is 15.8 Å². The van der Waals surface area contributed by atoms with Crippen molar-refractivity contribution in [1.82, 2.24) is 4.98 Å². The normalized spacial score (nSPS) is 25.5. The molecule has 76 valence electrons. The van der Waals surface area contributed by atoms with E-state index >= 15 is 0 Å². The SMILES string of the molecule is Cc1cc2c([nH]1)C=CC(C)(C(C)C)C2. The number of hydrogen-bond acceptors (Lipinski definition) is 0. The average molecular weight is 189 g/mol. The van der Waals surface area contributed by atoms with Gasteiger partial charge in [0.2, 0.25) is 0 Å². The van der Waals surface area contributed by atoms with E-state index in [0.29, 0.717) is 11.3 Å². The first-order chi connectivity index (χ1) is 6.51. The van der Waals surface area contributed by atoms with E-state index in [-0.39, 0.29) is 0 Å². The Labute approximate surface area is 86.2 Å². The summed E-state index contributed by atoms with van der Waals surface area (Å²) in [5.41, 5.74) is 4.39. The molecule has 0 radical (unpaired) electrons. The highest BCUT2D eigenvalue weighted by molar-refractivity contribution is 5.55. The molecule has 0 spiro atoms. The van der Waals surface area contributed by atoms with E-state index in [2.05, 4.69) is 50.9 Å². The predicted octanol–water partition coefficient (Wildman–Crippen LogP) is 3.55. The first-order valence-electron chi connectivity index (χ1n) is 5.39. The Morgan fingerprint density at radius 2 is 2.14 bits per heavy atom. The van der Waals surface area contributed by atoms with Crippen LogP contribution in [0.4, 0.5) is 0 Å². The van der Waals surface area contributed by atoms with Gasteiger partial charge in [-0.1, -0.05) is 26.8 Å². The van der Waals surface area contributed by atoms with Gasteiger partial charge < -0.3 is 4.98 Å². The molecule has 0 fully saturated rings. The smallest absolute Gasteiger partial charge is 0.0412 e. The van der Waals surface area contributed by atoms with Crippen molar-refractivity contribution in [1.29, 1.82) is 0 Å². The molecule has 1 heteroatoms. The van der Waals surface area contributed by atoms with Crippen molar-refractivity contribution in [3.8, 4) is 0 Å². The van der Waals surface area contributed by atoms with Crippen molar-refractivity contribution < 1.29 is 0 Å². The number of fused-ring (bicyclic) bond motifs is 1. The molecule has 0 amide bonds. The standard InChI is InChI=1S/C13H19N/c1-9(2)13(4)6-5-12-11(8-13)7-10(3)14-12/h5-7,9,14H,8H2,1-4H3. The Hall–Kier alpha value is -0.980. The number of hydrogen-bond donors (Lipinski definition) is 1. The lowest BCUT2D eigenvalue weighted by Gasteiger charge is -2.33. The summed E-state index contributed by atoms with van der Waals surface area (Å²) in [7, 11) is 0. The lowest BCUT2D eigenvalue weighted by Crippen LogP contribution is -2.25. The van der Waals surface area contributed by atoms with Crippen molar-refractivity contribution in [3.63, 3.8) is 0 Å². The highest BCUT2D eigenvalue weighted by atomic mass is 14.7. The molecule has 0 aliphatic heterocycles. The lowest BCUT2D eigenvalue weighted by molar-refractivity contribution is 0.294. The zero-order chi connectivity index (χ0) is 10.3. The van der Waals surface area contributed by atoms with Gasteiger partial charge >= 0.3 is 0 Å². The number of aromatic amines is 1. The van der Waals surface area contributed by atoms with Gasteiger partial charge in [0.1, 0.15) is 0 Å². The van der Waals surface area contributed by atoms with Gasteiger partial charge in [-0.05, 0) is 42.4 Å². The molecular formula is C13H19N. The second kappa shape index (κ2) is 3.01. The van der Waals surface area contributed by atoms with Crippen molar-refractivity contribution in [2.75, 3.05) is 0 Å². The van der Waals surface area contributed by atoms with E-state index in [1.807, 2.05) is 0 Å². The van der Waals surface area contributed by atoms with Crippen LogP contribution in [0.3, 0.4) is 0 Å². The van der Waals surface area contributed by atoms with Gasteiger partial charge in [-0.2, -0.15) is 0 Å². The molecule has 0 saturated carbocycles. The molecule has 0 aromatic carbocycles. The van der Waals surface area contributed by atoms with E-state index in [9.17, 15) is 0 Å². The van der Waals surface area contributed by atoms with Crippen LogP contribution in [0.1, 0.15) is 37.7 Å². The third-order valence-corrected chi connectivity index (χ3v) is 3.59. The molecule has 0 bridgehead atoms. The molecule has 2 rings (SSSR count). The fraction of sp³-hybridized carbons (Fsp3) is 0.538. The van der Waals surface area contributed by atoms with Crippen molar-refractivity contribution in [3.05, 3.63) is 29.1 Å². The quantitative estimate of drug-likeness (QED) is 0.695. The van der Waals surface area contributed by atoms with Gasteiger partial charge in [0.15, 0.2) is 0 Å². The second-order valence-electron chi connectivity index (χ2n) is 5.06. The van der Waals surface area contributed by atoms with Gasteiger partial charge in [-0.15, -0.1) is 0 Å². The molecule has 1 nitrogen and oxygen atoms in total. The molecule has 1 aliphatic carbocycles. The molecular weight excluding hydrogens is 170 g/mol. The Bertz CT molecular complexity index is 371. The first kappa shape index (κ1) is 9.57. The third kappa shape index (κ3) is 1.41. The van der Waals surface area contributed by atoms with Crippen LogP contribution in [0, 0.1) is 18.3 Å². The second-order valence-corrected chi connectivity index (χ2v) is 5.06. The zero-order valence-electron chi connectivity index (χ0n) is 9.52. The maximum absolute atomic E-state index is 3.39. The van der Waals surface area contributed by atoms with E-state index in [4.69, 9.17) is 0 Å². The molecule has 1 aromatic heterocycles. The van der Waals surface area contributed by atoms with Crippen molar-refractivity contribution >= 4 is 6.08 Å². The number of rotatable bonds is 1. The van der Waals surface area contributed by atoms with Gasteiger partial charge in [-0.25, -0.2) is 0 Å². The van der Waals surface area contributed by atoms with Crippen LogP contribution in [-0.4, -0.2) is 4.98 Å². The van der Waals surface area contributed by atoms with Crippen LogP contribution in [0.25, 0.3) is 6.08 Å². The summed E-state index contributed by atoms with van der Waals surface area (Å²) in [4.78, 5) is 3.39. The fourth-order valence-corrected chi connectivity index (χ4v) is 2.10. The Morgan fingerprint density at radius 3 is 2.79 bits per heavy atom. The summed E-state index contributed by atoms with van der Waals surface area (Å²) in [5, 5.41) is 0. The molecule has 0 saturated heterocycles. The number of aryl methyl sites for hydroxylation is 1. The number of allylic oxidation sites excluding steroid dienone is 1. The Morgan fingerprint density at radius 1 is 1.43 bits per heavy atom. The van der Waals surface area contributed by atoms with Crippen LogP contribution in [-0.2, 0) is 6.42 Å². The van der Waals surface area contributed by atoms with E-state index in [0.717, 1.165) is 0 Å². The predicted molar refractivity (Wildman–Crippen MR) is 61.2 cm³/mol. The highest BCUT2D eigenvalue weighted by Gasteiger charge is 2.29. The van der Waals surface area contributed by atoms with Crippen molar-refractivity contribution in [2.45, 2.75) is 34.1 Å². The van der Waals surface area contributed by atoms with Crippen LogP contribution >= 0.6 is 0 Å².